The molecule has 22 heavy (non-hydrogen) atoms. The molecule has 0 unspecified atom stereocenters. The van der Waals surface area contributed by atoms with E-state index in [1.54, 1.807) is 0 Å². The number of hydrogen-bond acceptors (Lipinski definition) is 6. The van der Waals surface area contributed by atoms with Crippen LogP contribution in [0.2, 0.25) is 5.02 Å². The first-order valence-corrected chi connectivity index (χ1v) is 6.45. The minimum Gasteiger partial charge on any atom is -0.480 e. The predicted octanol–water partition coefficient (Wildman–Crippen LogP) is 1.55. The van der Waals surface area contributed by atoms with Gasteiger partial charge >= 0.3 is 12.1 Å². The Hall–Kier alpha value is -1.81. The summed E-state index contributed by atoms with van der Waals surface area (Å²) < 4.78 is 36.7. The molecule has 2 heterocycles. The Morgan fingerprint density at radius 1 is 1.59 bits per heavy atom. The Morgan fingerprint density at radius 2 is 2.23 bits per heavy atom. The molecule has 3 N–H and O–H groups in total. The lowest BCUT2D eigenvalue weighted by Crippen LogP contribution is -2.23. The van der Waals surface area contributed by atoms with Crippen LogP contribution in [0, 0.1) is 0 Å². The van der Waals surface area contributed by atoms with Gasteiger partial charge in [0.2, 0.25) is 11.8 Å². The molecule has 0 saturated carbocycles. The number of aromatic nitrogens is 2. The van der Waals surface area contributed by atoms with Crippen LogP contribution in [0.1, 0.15) is 6.42 Å². The standard InChI is InChI=1S/C9H13ClN4O.C2HF3O2/c1-15-8-7(10)5-12-9(14-8)13-6-2-3-11-4-6;3-2(4,5)1(6)7/h5-6,11H,2-4H2,1H3,(H,12,13,14);(H,6,7)/t6-;/m1./s1. The van der Waals surface area contributed by atoms with Crippen LogP contribution in [0.25, 0.3) is 0 Å². The smallest absolute Gasteiger partial charge is 0.480 e. The molecular weight excluding hydrogens is 329 g/mol. The molecular formula is C11H14ClF3N4O3. The second-order valence-electron chi connectivity index (χ2n) is 4.19. The molecule has 1 aliphatic heterocycles. The SMILES string of the molecule is COc1nc(N[C@@H]2CCNC2)ncc1Cl.O=C(O)C(F)(F)F. The first-order chi connectivity index (χ1) is 10.2. The topological polar surface area (TPSA) is 96.4 Å². The lowest BCUT2D eigenvalue weighted by molar-refractivity contribution is -0.192. The zero-order valence-electron chi connectivity index (χ0n) is 11.4. The van der Waals surface area contributed by atoms with Gasteiger partial charge in [0, 0.05) is 12.6 Å². The van der Waals surface area contributed by atoms with E-state index in [1.165, 1.54) is 13.3 Å². The number of halogens is 4. The number of aliphatic carboxylic acids is 1. The molecule has 0 spiro atoms. The van der Waals surface area contributed by atoms with Gasteiger partial charge in [-0.25, -0.2) is 9.78 Å². The molecule has 124 valence electrons. The van der Waals surface area contributed by atoms with Crippen molar-refractivity contribution in [3.8, 4) is 5.88 Å². The molecule has 11 heteroatoms. The summed E-state index contributed by atoms with van der Waals surface area (Å²) in [4.78, 5) is 17.1. The lowest BCUT2D eigenvalue weighted by Gasteiger charge is -2.11. The quantitative estimate of drug-likeness (QED) is 0.766. The van der Waals surface area contributed by atoms with Gasteiger partial charge in [0.15, 0.2) is 0 Å². The number of nitrogens with one attached hydrogen (secondary N) is 2. The third kappa shape index (κ3) is 5.90. The number of carboxylic acids is 1. The largest absolute Gasteiger partial charge is 0.490 e. The Balaban J connectivity index is 0.000000295. The summed E-state index contributed by atoms with van der Waals surface area (Å²) in [6.45, 7) is 1.97. The van der Waals surface area contributed by atoms with Gasteiger partial charge in [-0.2, -0.15) is 18.2 Å². The summed E-state index contributed by atoms with van der Waals surface area (Å²) >= 11 is 5.82. The average molecular weight is 343 g/mol. The molecule has 0 amide bonds. The van der Waals surface area contributed by atoms with Gasteiger partial charge in [-0.05, 0) is 13.0 Å². The number of carboxylic acid groups (broad SMARTS) is 1. The van der Waals surface area contributed by atoms with Crippen LogP contribution in [0.4, 0.5) is 19.1 Å². The minimum absolute atomic E-state index is 0.385. The fourth-order valence-corrected chi connectivity index (χ4v) is 1.69. The van der Waals surface area contributed by atoms with Crippen LogP contribution in [0.5, 0.6) is 5.88 Å². The van der Waals surface area contributed by atoms with Gasteiger partial charge < -0.3 is 20.5 Å². The van der Waals surface area contributed by atoms with E-state index in [0.717, 1.165) is 19.5 Å². The van der Waals surface area contributed by atoms with Crippen molar-refractivity contribution in [2.24, 2.45) is 0 Å². The van der Waals surface area contributed by atoms with E-state index in [-0.39, 0.29) is 0 Å². The van der Waals surface area contributed by atoms with E-state index in [4.69, 9.17) is 26.2 Å². The van der Waals surface area contributed by atoms with Crippen molar-refractivity contribution in [2.45, 2.75) is 18.6 Å². The van der Waals surface area contributed by atoms with Crippen molar-refractivity contribution >= 4 is 23.5 Å². The highest BCUT2D eigenvalue weighted by atomic mass is 35.5. The molecule has 0 radical (unpaired) electrons. The van der Waals surface area contributed by atoms with E-state index in [2.05, 4.69) is 20.6 Å². The summed E-state index contributed by atoms with van der Waals surface area (Å²) in [7, 11) is 1.54. The molecule has 0 aliphatic carbocycles. The third-order valence-electron chi connectivity index (χ3n) is 2.54. The number of nitrogens with zero attached hydrogens (tertiary/aromatic N) is 2. The second-order valence-corrected chi connectivity index (χ2v) is 4.59. The molecule has 1 saturated heterocycles. The van der Waals surface area contributed by atoms with E-state index in [1.807, 2.05) is 0 Å². The summed E-state index contributed by atoms with van der Waals surface area (Å²) in [5.41, 5.74) is 0. The van der Waals surface area contributed by atoms with Crippen molar-refractivity contribution in [1.29, 1.82) is 0 Å². The first-order valence-electron chi connectivity index (χ1n) is 6.08. The van der Waals surface area contributed by atoms with Gasteiger partial charge in [0.1, 0.15) is 5.02 Å². The number of ether oxygens (including phenoxy) is 1. The second kappa shape index (κ2) is 7.99. The highest BCUT2D eigenvalue weighted by Crippen LogP contribution is 2.21. The monoisotopic (exact) mass is 342 g/mol. The molecule has 1 aromatic heterocycles. The number of alkyl halides is 3. The van der Waals surface area contributed by atoms with Crippen molar-refractivity contribution in [1.82, 2.24) is 15.3 Å². The maximum absolute atomic E-state index is 10.6. The number of rotatable bonds is 3. The molecule has 0 aromatic carbocycles. The Bertz CT molecular complexity index is 510. The molecule has 1 fully saturated rings. The van der Waals surface area contributed by atoms with Gasteiger partial charge in [-0.15, -0.1) is 0 Å². The number of anilines is 1. The van der Waals surface area contributed by atoms with Crippen LogP contribution in [-0.2, 0) is 4.79 Å². The average Bonchev–Trinajstić information content (AvgIpc) is 2.93. The highest BCUT2D eigenvalue weighted by molar-refractivity contribution is 6.31. The van der Waals surface area contributed by atoms with E-state index < -0.39 is 12.1 Å². The molecule has 1 atom stereocenters. The molecule has 1 aliphatic rings. The van der Waals surface area contributed by atoms with E-state index >= 15 is 0 Å². The van der Waals surface area contributed by atoms with Crippen molar-refractivity contribution in [2.75, 3.05) is 25.5 Å². The van der Waals surface area contributed by atoms with Gasteiger partial charge in [0.25, 0.3) is 0 Å². The third-order valence-corrected chi connectivity index (χ3v) is 2.80. The molecule has 0 bridgehead atoms. The zero-order valence-corrected chi connectivity index (χ0v) is 12.2. The zero-order chi connectivity index (χ0) is 16.8. The van der Waals surface area contributed by atoms with E-state index in [0.29, 0.717) is 22.9 Å². The minimum atomic E-state index is -5.08. The fourth-order valence-electron chi connectivity index (χ4n) is 1.52. The summed E-state index contributed by atoms with van der Waals surface area (Å²) in [6.07, 6.45) is -2.47. The molecule has 2 rings (SSSR count). The number of hydrogen-bond donors (Lipinski definition) is 3. The van der Waals surface area contributed by atoms with E-state index in [9.17, 15) is 13.2 Å². The highest BCUT2D eigenvalue weighted by Gasteiger charge is 2.38. The Labute approximate surface area is 128 Å². The summed E-state index contributed by atoms with van der Waals surface area (Å²) in [5.74, 6) is -1.79. The van der Waals surface area contributed by atoms with Crippen LogP contribution < -0.4 is 15.4 Å². The first kappa shape index (κ1) is 18.2. The van der Waals surface area contributed by atoms with Crippen LogP contribution in [0.3, 0.4) is 0 Å². The summed E-state index contributed by atoms with van der Waals surface area (Å²) in [6, 6.07) is 0.385. The Kier molecular flexibility index (Phi) is 6.62. The summed E-state index contributed by atoms with van der Waals surface area (Å²) in [5, 5.41) is 14.0. The maximum Gasteiger partial charge on any atom is 0.490 e. The van der Waals surface area contributed by atoms with Crippen LogP contribution in [0.15, 0.2) is 6.20 Å². The lowest BCUT2D eigenvalue weighted by atomic mass is 10.3. The fraction of sp³-hybridized carbons (Fsp3) is 0.545. The van der Waals surface area contributed by atoms with Crippen LogP contribution >= 0.6 is 11.6 Å². The number of carbonyl (C=O) groups is 1. The van der Waals surface area contributed by atoms with Crippen molar-refractivity contribution in [3.05, 3.63) is 11.2 Å². The number of methoxy groups -OCH3 is 1. The Morgan fingerprint density at radius 3 is 2.68 bits per heavy atom. The van der Waals surface area contributed by atoms with Gasteiger partial charge in [-0.1, -0.05) is 11.6 Å². The predicted molar refractivity (Wildman–Crippen MR) is 72.2 cm³/mol. The van der Waals surface area contributed by atoms with Crippen LogP contribution in [-0.4, -0.2) is 53.5 Å². The molecule has 7 nitrogen and oxygen atoms in total. The van der Waals surface area contributed by atoms with Gasteiger partial charge in [0.05, 0.1) is 13.3 Å². The molecule has 1 aromatic rings. The maximum atomic E-state index is 10.6. The van der Waals surface area contributed by atoms with Crippen molar-refractivity contribution < 1.29 is 27.8 Å². The van der Waals surface area contributed by atoms with Crippen molar-refractivity contribution in [3.63, 3.8) is 0 Å². The van der Waals surface area contributed by atoms with Gasteiger partial charge in [-0.3, -0.25) is 0 Å². The normalized spacial score (nSPS) is 17.4.